The van der Waals surface area contributed by atoms with Gasteiger partial charge in [0, 0.05) is 11.0 Å². The molecule has 3 heterocycles. The van der Waals surface area contributed by atoms with Crippen molar-refractivity contribution in [2.75, 3.05) is 5.75 Å². The Morgan fingerprint density at radius 2 is 2.11 bits per heavy atom. The van der Waals surface area contributed by atoms with E-state index in [2.05, 4.69) is 30.6 Å². The standard InChI is InChI=1S/C20H22N4OS2/c1-3-4-7-11-27-20-22-19(25)16-14-8-5-6-9-15(14)21-18(24(16)23-20)17-13(2)10-12-26-17/h5-6,8-10,12,18H,3-4,7,11H2,1-2H3,(H,22,23,25)/t18-/m1/s1. The number of amides is 1. The zero-order valence-electron chi connectivity index (χ0n) is 15.4. The van der Waals surface area contributed by atoms with Crippen LogP contribution < -0.4 is 15.9 Å². The first kappa shape index (κ1) is 18.3. The van der Waals surface area contributed by atoms with Gasteiger partial charge in [0.25, 0.3) is 5.91 Å². The first-order chi connectivity index (χ1) is 13.2. The number of nitrogens with one attached hydrogen (secondary N) is 1. The molecule has 2 aromatic rings. The lowest BCUT2D eigenvalue weighted by molar-refractivity contribution is -0.116. The molecule has 0 radical (unpaired) electrons. The van der Waals surface area contributed by atoms with Gasteiger partial charge in [-0.05, 0) is 36.4 Å². The smallest absolute Gasteiger partial charge is 0.276 e. The number of thioether (sulfide) groups is 1. The highest BCUT2D eigenvalue weighted by Crippen LogP contribution is 2.35. The largest absolute Gasteiger partial charge is 0.298 e. The van der Waals surface area contributed by atoms with E-state index in [0.29, 0.717) is 10.9 Å². The number of amidine groups is 1. The predicted molar refractivity (Wildman–Crippen MR) is 112 cm³/mol. The highest BCUT2D eigenvalue weighted by atomic mass is 32.2. The minimum absolute atomic E-state index is 0.107. The molecule has 0 saturated carbocycles. The van der Waals surface area contributed by atoms with Crippen LogP contribution in [-0.4, -0.2) is 21.8 Å². The van der Waals surface area contributed by atoms with Gasteiger partial charge < -0.3 is 0 Å². The van der Waals surface area contributed by atoms with Crippen molar-refractivity contribution < 1.29 is 4.79 Å². The molecule has 5 nitrogen and oxygen atoms in total. The van der Waals surface area contributed by atoms with E-state index in [0.717, 1.165) is 27.6 Å². The Labute approximate surface area is 166 Å². The summed E-state index contributed by atoms with van der Waals surface area (Å²) in [5, 5.41) is 14.0. The molecule has 0 bridgehead atoms. The number of para-hydroxylation sites is 1. The maximum atomic E-state index is 13.0. The molecule has 1 aromatic carbocycles. The van der Waals surface area contributed by atoms with Gasteiger partial charge in [0.05, 0.1) is 10.2 Å². The van der Waals surface area contributed by atoms with Crippen molar-refractivity contribution in [3.05, 3.63) is 56.7 Å². The van der Waals surface area contributed by atoms with E-state index in [-0.39, 0.29) is 12.1 Å². The van der Waals surface area contributed by atoms with Crippen molar-refractivity contribution in [3.63, 3.8) is 0 Å². The molecule has 1 aromatic heterocycles. The van der Waals surface area contributed by atoms with E-state index in [1.807, 2.05) is 29.3 Å². The lowest BCUT2D eigenvalue weighted by Crippen LogP contribution is -2.50. The van der Waals surface area contributed by atoms with Crippen molar-refractivity contribution in [1.29, 1.82) is 0 Å². The molecule has 0 saturated heterocycles. The van der Waals surface area contributed by atoms with Gasteiger partial charge in [-0.15, -0.1) is 16.4 Å². The minimum atomic E-state index is -0.299. The summed E-state index contributed by atoms with van der Waals surface area (Å²) in [6.07, 6.45) is 3.19. The first-order valence-corrected chi connectivity index (χ1v) is 11.1. The second-order valence-corrected chi connectivity index (χ2v) is 8.63. The Morgan fingerprint density at radius 3 is 2.89 bits per heavy atom. The summed E-state index contributed by atoms with van der Waals surface area (Å²) in [6.45, 7) is 4.27. The number of hydrazone groups is 1. The Bertz CT molecular complexity index is 1010. The number of thiophene rings is 1. The average Bonchev–Trinajstić information content (AvgIpc) is 3.10. The quantitative estimate of drug-likeness (QED) is 0.788. The van der Waals surface area contributed by atoms with Crippen molar-refractivity contribution in [3.8, 4) is 0 Å². The van der Waals surface area contributed by atoms with Gasteiger partial charge in [-0.3, -0.25) is 15.1 Å². The third-order valence-corrected chi connectivity index (χ3v) is 6.65. The zero-order chi connectivity index (χ0) is 18.8. The van der Waals surface area contributed by atoms with Crippen molar-refractivity contribution in [1.82, 2.24) is 10.3 Å². The van der Waals surface area contributed by atoms with Gasteiger partial charge in [0.2, 0.25) is 0 Å². The number of benzene rings is 1. The molecular weight excluding hydrogens is 376 g/mol. The summed E-state index contributed by atoms with van der Waals surface area (Å²) in [4.78, 5) is 19.0. The molecule has 1 amide bonds. The minimum Gasteiger partial charge on any atom is -0.298 e. The first-order valence-electron chi connectivity index (χ1n) is 9.22. The number of carbonyl (C=O) groups is 1. The second-order valence-electron chi connectivity index (χ2n) is 6.60. The average molecular weight is 399 g/mol. The van der Waals surface area contributed by atoms with Crippen LogP contribution in [0, 0.1) is 6.92 Å². The van der Waals surface area contributed by atoms with Gasteiger partial charge in [-0.25, -0.2) is 5.01 Å². The lowest BCUT2D eigenvalue weighted by Gasteiger charge is -2.33. The number of aryl methyl sites for hydroxylation is 1. The van der Waals surface area contributed by atoms with E-state index in [4.69, 9.17) is 10.1 Å². The molecule has 2 aliphatic rings. The third-order valence-electron chi connectivity index (χ3n) is 4.64. The fraction of sp³-hybridized carbons (Fsp3) is 0.350. The van der Waals surface area contributed by atoms with Gasteiger partial charge >= 0.3 is 0 Å². The van der Waals surface area contributed by atoms with Crippen LogP contribution in [0.1, 0.15) is 42.8 Å². The van der Waals surface area contributed by atoms with Crippen molar-refractivity contribution in [2.45, 2.75) is 39.3 Å². The van der Waals surface area contributed by atoms with E-state index in [9.17, 15) is 4.79 Å². The summed E-state index contributed by atoms with van der Waals surface area (Å²) in [5.74, 6) is 0.844. The number of fused-ring (bicyclic) bond motifs is 2. The fourth-order valence-corrected chi connectivity index (χ4v) is 5.03. The van der Waals surface area contributed by atoms with E-state index in [1.54, 1.807) is 23.1 Å². The number of nitrogens with zero attached hydrogens (tertiary/aromatic N) is 3. The van der Waals surface area contributed by atoms with Crippen molar-refractivity contribution >= 4 is 39.9 Å². The number of unbranched alkanes of at least 4 members (excludes halogenated alkanes) is 2. The van der Waals surface area contributed by atoms with Crippen molar-refractivity contribution in [2.24, 2.45) is 10.1 Å². The Balaban J connectivity index is 1.77. The molecule has 0 aliphatic carbocycles. The highest BCUT2D eigenvalue weighted by molar-refractivity contribution is 8.13. The van der Waals surface area contributed by atoms with Crippen LogP contribution in [-0.2, 0) is 4.79 Å². The van der Waals surface area contributed by atoms with Crippen LogP contribution >= 0.6 is 23.1 Å². The summed E-state index contributed by atoms with van der Waals surface area (Å²) >= 11 is 3.26. The fourth-order valence-electron chi connectivity index (χ4n) is 3.23. The molecule has 0 fully saturated rings. The van der Waals surface area contributed by atoms with Gasteiger partial charge in [0.15, 0.2) is 11.3 Å². The topological polar surface area (TPSA) is 57.1 Å². The monoisotopic (exact) mass is 398 g/mol. The Hall–Kier alpha value is -2.12. The normalized spacial score (nSPS) is 18.4. The Morgan fingerprint density at radius 1 is 1.26 bits per heavy atom. The number of rotatable bonds is 5. The summed E-state index contributed by atoms with van der Waals surface area (Å²) in [5.41, 5.74) is 1.75. The van der Waals surface area contributed by atoms with Crippen LogP contribution in [0.15, 0.2) is 45.8 Å². The molecule has 4 rings (SSSR count). The number of hydrogen-bond donors (Lipinski definition) is 1. The predicted octanol–water partition coefficient (Wildman–Crippen LogP) is 3.12. The van der Waals surface area contributed by atoms with Crippen LogP contribution in [0.3, 0.4) is 0 Å². The maximum Gasteiger partial charge on any atom is 0.276 e. The third kappa shape index (κ3) is 3.53. The maximum absolute atomic E-state index is 13.0. The molecule has 2 aliphatic heterocycles. The van der Waals surface area contributed by atoms with E-state index >= 15 is 0 Å². The molecule has 1 N–H and O–H groups in total. The lowest BCUT2D eigenvalue weighted by atomic mass is 10.1. The summed E-state index contributed by atoms with van der Waals surface area (Å²) in [7, 11) is 0. The molecule has 1 atom stereocenters. The Kier molecular flexibility index (Phi) is 5.31. The highest BCUT2D eigenvalue weighted by Gasteiger charge is 2.35. The van der Waals surface area contributed by atoms with Gasteiger partial charge in [-0.2, -0.15) is 0 Å². The van der Waals surface area contributed by atoms with Gasteiger partial charge in [0.1, 0.15) is 5.70 Å². The number of carbonyl (C=O) groups excluding carboxylic acids is 1. The van der Waals surface area contributed by atoms with E-state index < -0.39 is 0 Å². The summed E-state index contributed by atoms with van der Waals surface area (Å²) < 4.78 is 0. The summed E-state index contributed by atoms with van der Waals surface area (Å²) in [6, 6.07) is 9.87. The van der Waals surface area contributed by atoms with E-state index in [1.165, 1.54) is 18.4 Å². The van der Waals surface area contributed by atoms with Crippen LogP contribution in [0.2, 0.25) is 0 Å². The van der Waals surface area contributed by atoms with Crippen LogP contribution in [0.4, 0.5) is 0 Å². The zero-order valence-corrected chi connectivity index (χ0v) is 17.1. The molecule has 7 heteroatoms. The molecule has 0 unspecified atom stereocenters. The van der Waals surface area contributed by atoms with Crippen LogP contribution in [0.25, 0.3) is 5.70 Å². The van der Waals surface area contributed by atoms with Crippen LogP contribution in [0.5, 0.6) is 0 Å². The molecule has 0 spiro atoms. The second kappa shape index (κ2) is 7.86. The molecule has 140 valence electrons. The van der Waals surface area contributed by atoms with Gasteiger partial charge in [-0.1, -0.05) is 49.7 Å². The molecular formula is C20H22N4OS2. The SMILES string of the molecule is CCCCCSC1=NN2C(=c3ccccc3=N[C@H]2c2sccc2C)C(=O)N1. The number of hydrogen-bond acceptors (Lipinski definition) is 6. The molecule has 27 heavy (non-hydrogen) atoms.